The fourth-order valence-corrected chi connectivity index (χ4v) is 2.39. The van der Waals surface area contributed by atoms with Crippen molar-refractivity contribution in [1.82, 2.24) is 10.2 Å². The Bertz CT molecular complexity index is 408. The van der Waals surface area contributed by atoms with Crippen LogP contribution in [0.25, 0.3) is 0 Å². The van der Waals surface area contributed by atoms with E-state index >= 15 is 0 Å². The number of hydrogen-bond acceptors (Lipinski definition) is 3. The highest BCUT2D eigenvalue weighted by molar-refractivity contribution is 5.67. The first-order valence-electron chi connectivity index (χ1n) is 6.81. The minimum absolute atomic E-state index is 0.229. The monoisotopic (exact) mass is 262 g/mol. The van der Waals surface area contributed by atoms with E-state index in [1.807, 2.05) is 37.4 Å². The normalized spacial score (nSPS) is 22.8. The standard InChI is InChI=1S/C15H22N2O2/c1-12-8-14(10-16-9-12)17(2)15(18)19-11-13-6-4-3-5-7-13/h3-7,12,14,16H,8-11H2,1-2H3/t12-,14-/m1/s1. The molecule has 0 saturated carbocycles. The molecule has 1 N–H and O–H groups in total. The fraction of sp³-hybridized carbons (Fsp3) is 0.533. The number of nitrogens with zero attached hydrogens (tertiary/aromatic N) is 1. The Labute approximate surface area is 114 Å². The highest BCUT2D eigenvalue weighted by Gasteiger charge is 2.25. The van der Waals surface area contributed by atoms with Crippen LogP contribution in [0.3, 0.4) is 0 Å². The SMILES string of the molecule is C[C@H]1CNC[C@H](N(C)C(=O)OCc2ccccc2)C1. The molecule has 0 unspecified atom stereocenters. The first-order valence-corrected chi connectivity index (χ1v) is 6.81. The zero-order valence-electron chi connectivity index (χ0n) is 11.6. The lowest BCUT2D eigenvalue weighted by Gasteiger charge is -2.34. The number of carbonyl (C=O) groups is 1. The number of hydrogen-bond donors (Lipinski definition) is 1. The van der Waals surface area contributed by atoms with Crippen LogP contribution in [0.1, 0.15) is 18.9 Å². The van der Waals surface area contributed by atoms with Crippen molar-refractivity contribution in [2.45, 2.75) is 26.0 Å². The fourth-order valence-electron chi connectivity index (χ4n) is 2.39. The Kier molecular flexibility index (Phi) is 4.80. The first-order chi connectivity index (χ1) is 9.16. The molecule has 1 amide bonds. The maximum absolute atomic E-state index is 12.0. The van der Waals surface area contributed by atoms with E-state index in [0.29, 0.717) is 12.5 Å². The number of amides is 1. The van der Waals surface area contributed by atoms with Crippen molar-refractivity contribution >= 4 is 6.09 Å². The molecule has 0 bridgehead atoms. The van der Waals surface area contributed by atoms with E-state index in [2.05, 4.69) is 12.2 Å². The van der Waals surface area contributed by atoms with Crippen LogP contribution in [0, 0.1) is 5.92 Å². The summed E-state index contributed by atoms with van der Waals surface area (Å²) >= 11 is 0. The van der Waals surface area contributed by atoms with Crippen molar-refractivity contribution in [1.29, 1.82) is 0 Å². The number of rotatable bonds is 3. The van der Waals surface area contributed by atoms with Crippen LogP contribution in [0.5, 0.6) is 0 Å². The summed E-state index contributed by atoms with van der Waals surface area (Å²) in [5.41, 5.74) is 1.01. The van der Waals surface area contributed by atoms with Gasteiger partial charge in [-0.15, -0.1) is 0 Å². The summed E-state index contributed by atoms with van der Waals surface area (Å²) in [5.74, 6) is 0.600. The zero-order chi connectivity index (χ0) is 13.7. The van der Waals surface area contributed by atoms with E-state index in [-0.39, 0.29) is 12.1 Å². The predicted molar refractivity (Wildman–Crippen MR) is 74.8 cm³/mol. The highest BCUT2D eigenvalue weighted by atomic mass is 16.6. The second-order valence-corrected chi connectivity index (χ2v) is 5.30. The first kappa shape index (κ1) is 13.9. The number of ether oxygens (including phenoxy) is 1. The third-order valence-corrected chi connectivity index (χ3v) is 3.59. The van der Waals surface area contributed by atoms with Crippen molar-refractivity contribution in [2.75, 3.05) is 20.1 Å². The van der Waals surface area contributed by atoms with Gasteiger partial charge in [0.1, 0.15) is 6.61 Å². The Balaban J connectivity index is 1.82. The van der Waals surface area contributed by atoms with Gasteiger partial charge in [-0.2, -0.15) is 0 Å². The lowest BCUT2D eigenvalue weighted by atomic mass is 9.97. The lowest BCUT2D eigenvalue weighted by molar-refractivity contribution is 0.0817. The van der Waals surface area contributed by atoms with Crippen molar-refractivity contribution in [3.63, 3.8) is 0 Å². The van der Waals surface area contributed by atoms with E-state index in [4.69, 9.17) is 4.74 Å². The van der Waals surface area contributed by atoms with Crippen LogP contribution >= 0.6 is 0 Å². The highest BCUT2D eigenvalue weighted by Crippen LogP contribution is 2.15. The Morgan fingerprint density at radius 2 is 2.11 bits per heavy atom. The molecular formula is C15H22N2O2. The van der Waals surface area contributed by atoms with E-state index in [1.165, 1.54) is 0 Å². The van der Waals surface area contributed by atoms with Gasteiger partial charge in [0.25, 0.3) is 0 Å². The summed E-state index contributed by atoms with van der Waals surface area (Å²) < 4.78 is 5.34. The molecule has 4 nitrogen and oxygen atoms in total. The molecule has 1 aromatic rings. The molecule has 0 radical (unpaired) electrons. The molecule has 19 heavy (non-hydrogen) atoms. The van der Waals surface area contributed by atoms with Crippen molar-refractivity contribution < 1.29 is 9.53 Å². The molecule has 0 aromatic heterocycles. The molecule has 104 valence electrons. The number of benzene rings is 1. The quantitative estimate of drug-likeness (QED) is 0.908. The second kappa shape index (κ2) is 6.57. The van der Waals surface area contributed by atoms with Crippen LogP contribution in [0.4, 0.5) is 4.79 Å². The molecule has 4 heteroatoms. The minimum atomic E-state index is -0.246. The Hall–Kier alpha value is -1.55. The van der Waals surface area contributed by atoms with Gasteiger partial charge in [-0.25, -0.2) is 4.79 Å². The molecule has 0 aliphatic carbocycles. The minimum Gasteiger partial charge on any atom is -0.445 e. The summed E-state index contributed by atoms with van der Waals surface area (Å²) in [4.78, 5) is 13.7. The van der Waals surface area contributed by atoms with Crippen molar-refractivity contribution in [2.24, 2.45) is 5.92 Å². The molecule has 1 aromatic carbocycles. The van der Waals surface area contributed by atoms with Crippen LogP contribution in [-0.4, -0.2) is 37.2 Å². The summed E-state index contributed by atoms with van der Waals surface area (Å²) in [5, 5.41) is 3.34. The van der Waals surface area contributed by atoms with E-state index in [1.54, 1.807) is 4.90 Å². The molecule has 2 rings (SSSR count). The zero-order valence-corrected chi connectivity index (χ0v) is 11.6. The van der Waals surface area contributed by atoms with Crippen molar-refractivity contribution in [3.8, 4) is 0 Å². The van der Waals surface area contributed by atoms with E-state index < -0.39 is 0 Å². The smallest absolute Gasteiger partial charge is 0.410 e. The van der Waals surface area contributed by atoms with Gasteiger partial charge in [0, 0.05) is 19.6 Å². The number of carbonyl (C=O) groups excluding carboxylic acids is 1. The molecule has 1 aliphatic heterocycles. The van der Waals surface area contributed by atoms with Crippen LogP contribution in [-0.2, 0) is 11.3 Å². The molecule has 0 spiro atoms. The lowest BCUT2D eigenvalue weighted by Crippen LogP contribution is -2.49. The van der Waals surface area contributed by atoms with Crippen LogP contribution < -0.4 is 5.32 Å². The molecule has 1 fully saturated rings. The van der Waals surface area contributed by atoms with Crippen LogP contribution in [0.2, 0.25) is 0 Å². The molecule has 1 aliphatic rings. The van der Waals surface area contributed by atoms with E-state index in [0.717, 1.165) is 25.1 Å². The average Bonchev–Trinajstić information content (AvgIpc) is 2.45. The molecule has 1 heterocycles. The number of nitrogens with one attached hydrogen (secondary N) is 1. The Morgan fingerprint density at radius 1 is 1.37 bits per heavy atom. The largest absolute Gasteiger partial charge is 0.445 e. The summed E-state index contributed by atoms with van der Waals surface area (Å²) in [6.45, 7) is 4.41. The Morgan fingerprint density at radius 3 is 2.79 bits per heavy atom. The van der Waals surface area contributed by atoms with Gasteiger partial charge in [-0.05, 0) is 24.4 Å². The van der Waals surface area contributed by atoms with E-state index in [9.17, 15) is 4.79 Å². The third-order valence-electron chi connectivity index (χ3n) is 3.59. The average molecular weight is 262 g/mol. The number of likely N-dealkylation sites (N-methyl/N-ethyl adjacent to an activating group) is 1. The molecule has 1 saturated heterocycles. The maximum Gasteiger partial charge on any atom is 0.410 e. The second-order valence-electron chi connectivity index (χ2n) is 5.30. The summed E-state index contributed by atoms with van der Waals surface area (Å²) in [7, 11) is 1.82. The topological polar surface area (TPSA) is 41.6 Å². The number of piperidine rings is 1. The maximum atomic E-state index is 12.0. The van der Waals surface area contributed by atoms with Gasteiger partial charge < -0.3 is 15.0 Å². The summed E-state index contributed by atoms with van der Waals surface area (Å²) in [6, 6.07) is 9.98. The van der Waals surface area contributed by atoms with Gasteiger partial charge >= 0.3 is 6.09 Å². The summed E-state index contributed by atoms with van der Waals surface area (Å²) in [6.07, 6.45) is 0.786. The molecule has 2 atom stereocenters. The van der Waals surface area contributed by atoms with Gasteiger partial charge in [-0.3, -0.25) is 0 Å². The predicted octanol–water partition coefficient (Wildman–Crippen LogP) is 2.25. The third kappa shape index (κ3) is 3.96. The van der Waals surface area contributed by atoms with Crippen molar-refractivity contribution in [3.05, 3.63) is 35.9 Å². The van der Waals surface area contributed by atoms with Crippen LogP contribution in [0.15, 0.2) is 30.3 Å². The van der Waals surface area contributed by atoms with Gasteiger partial charge in [0.2, 0.25) is 0 Å². The molecular weight excluding hydrogens is 240 g/mol. The van der Waals surface area contributed by atoms with Gasteiger partial charge in [0.15, 0.2) is 0 Å². The van der Waals surface area contributed by atoms with Gasteiger partial charge in [-0.1, -0.05) is 37.3 Å². The van der Waals surface area contributed by atoms with Gasteiger partial charge in [0.05, 0.1) is 0 Å².